The van der Waals surface area contributed by atoms with Gasteiger partial charge < -0.3 is 10.1 Å². The van der Waals surface area contributed by atoms with Crippen LogP contribution in [0.25, 0.3) is 0 Å². The fourth-order valence-corrected chi connectivity index (χ4v) is 1.27. The minimum atomic E-state index is -0.307. The highest BCUT2D eigenvalue weighted by Crippen LogP contribution is 1.90. The number of aromatic amines is 2. The van der Waals surface area contributed by atoms with Gasteiger partial charge in [-0.15, -0.1) is 0 Å². The van der Waals surface area contributed by atoms with Crippen molar-refractivity contribution in [2.24, 2.45) is 0 Å². The van der Waals surface area contributed by atoms with Gasteiger partial charge in [-0.1, -0.05) is 13.3 Å². The Morgan fingerprint density at radius 3 is 2.76 bits per heavy atom. The number of H-pyrrole nitrogens is 2. The molecule has 1 amide bonds. The van der Waals surface area contributed by atoms with Crippen LogP contribution in [0.15, 0.2) is 10.9 Å². The van der Waals surface area contributed by atoms with Gasteiger partial charge in [-0.05, 0) is 12.8 Å². The first-order chi connectivity index (χ1) is 8.24. The van der Waals surface area contributed by atoms with Crippen LogP contribution < -0.4 is 10.9 Å². The Morgan fingerprint density at radius 2 is 2.12 bits per heavy atom. The Morgan fingerprint density at radius 1 is 1.35 bits per heavy atom. The minimum absolute atomic E-state index is 0.252. The minimum Gasteiger partial charge on any atom is -0.381 e. The van der Waals surface area contributed by atoms with Crippen molar-refractivity contribution in [2.75, 3.05) is 19.8 Å². The summed E-state index contributed by atoms with van der Waals surface area (Å²) in [6.45, 7) is 4.07. The predicted octanol–water partition coefficient (Wildman–Crippen LogP) is 0.640. The van der Waals surface area contributed by atoms with E-state index in [-0.39, 0.29) is 17.2 Å². The van der Waals surface area contributed by atoms with Crippen LogP contribution in [-0.2, 0) is 4.74 Å². The van der Waals surface area contributed by atoms with E-state index in [4.69, 9.17) is 4.74 Å². The molecule has 1 aromatic heterocycles. The quantitative estimate of drug-likeness (QED) is 0.584. The van der Waals surface area contributed by atoms with Crippen LogP contribution in [0.4, 0.5) is 0 Å². The monoisotopic (exact) mass is 241 g/mol. The first kappa shape index (κ1) is 13.5. The van der Waals surface area contributed by atoms with Crippen LogP contribution in [0.5, 0.6) is 0 Å². The molecule has 1 rings (SSSR count). The van der Waals surface area contributed by atoms with E-state index in [9.17, 15) is 9.59 Å². The second kappa shape index (κ2) is 7.67. The third kappa shape index (κ3) is 5.35. The van der Waals surface area contributed by atoms with E-state index in [1.165, 1.54) is 6.07 Å². The zero-order chi connectivity index (χ0) is 12.5. The zero-order valence-corrected chi connectivity index (χ0v) is 10.0. The van der Waals surface area contributed by atoms with Crippen LogP contribution in [0.1, 0.15) is 36.7 Å². The second-order valence-corrected chi connectivity index (χ2v) is 3.75. The van der Waals surface area contributed by atoms with Crippen LogP contribution in [0.2, 0.25) is 0 Å². The summed E-state index contributed by atoms with van der Waals surface area (Å²) in [6.07, 6.45) is 2.96. The average Bonchev–Trinajstić information content (AvgIpc) is 2.74. The van der Waals surface area contributed by atoms with E-state index in [1.807, 2.05) is 0 Å². The van der Waals surface area contributed by atoms with Crippen molar-refractivity contribution in [3.63, 3.8) is 0 Å². The largest absolute Gasteiger partial charge is 0.381 e. The maximum atomic E-state index is 11.5. The van der Waals surface area contributed by atoms with Gasteiger partial charge in [0.15, 0.2) is 0 Å². The van der Waals surface area contributed by atoms with Gasteiger partial charge in [0, 0.05) is 25.8 Å². The Labute approximate surface area is 99.7 Å². The standard InChI is InChI=1S/C11H19N3O3/c1-2-3-6-17-7-4-5-12-11(16)9-8-10(15)14-13-9/h8H,2-7H2,1H3,(H,12,16)(H2,13,14,15). The van der Waals surface area contributed by atoms with Crippen molar-refractivity contribution in [1.82, 2.24) is 15.5 Å². The molecule has 0 saturated heterocycles. The number of carbonyl (C=O) groups is 1. The van der Waals surface area contributed by atoms with E-state index in [1.54, 1.807) is 0 Å². The van der Waals surface area contributed by atoms with Crippen LogP contribution in [-0.4, -0.2) is 35.9 Å². The smallest absolute Gasteiger partial charge is 0.269 e. The van der Waals surface area contributed by atoms with Crippen molar-refractivity contribution in [1.29, 1.82) is 0 Å². The Bertz CT molecular complexity index is 383. The summed E-state index contributed by atoms with van der Waals surface area (Å²) in [5.74, 6) is -0.281. The van der Waals surface area contributed by atoms with E-state index in [2.05, 4.69) is 22.4 Å². The molecule has 0 spiro atoms. The number of unbranched alkanes of at least 4 members (excludes halogenated alkanes) is 1. The van der Waals surface area contributed by atoms with Crippen molar-refractivity contribution in [3.05, 3.63) is 22.1 Å². The summed E-state index contributed by atoms with van der Waals surface area (Å²) >= 11 is 0. The highest BCUT2D eigenvalue weighted by atomic mass is 16.5. The third-order valence-electron chi connectivity index (χ3n) is 2.23. The average molecular weight is 241 g/mol. The third-order valence-corrected chi connectivity index (χ3v) is 2.23. The number of ether oxygens (including phenoxy) is 1. The van der Waals surface area contributed by atoms with Gasteiger partial charge in [0.1, 0.15) is 5.69 Å². The van der Waals surface area contributed by atoms with Gasteiger partial charge in [0.2, 0.25) is 0 Å². The van der Waals surface area contributed by atoms with E-state index >= 15 is 0 Å². The first-order valence-corrected chi connectivity index (χ1v) is 5.87. The molecule has 17 heavy (non-hydrogen) atoms. The van der Waals surface area contributed by atoms with Crippen molar-refractivity contribution in [3.8, 4) is 0 Å². The summed E-state index contributed by atoms with van der Waals surface area (Å²) in [5.41, 5.74) is -0.0556. The lowest BCUT2D eigenvalue weighted by Gasteiger charge is -2.04. The molecule has 1 heterocycles. The lowest BCUT2D eigenvalue weighted by molar-refractivity contribution is 0.0935. The van der Waals surface area contributed by atoms with Gasteiger partial charge in [-0.25, -0.2) is 0 Å². The van der Waals surface area contributed by atoms with Gasteiger partial charge in [0.05, 0.1) is 0 Å². The summed E-state index contributed by atoms with van der Waals surface area (Å²) in [6, 6.07) is 1.23. The second-order valence-electron chi connectivity index (χ2n) is 3.75. The van der Waals surface area contributed by atoms with E-state index < -0.39 is 0 Å². The maximum absolute atomic E-state index is 11.5. The van der Waals surface area contributed by atoms with Crippen molar-refractivity contribution >= 4 is 5.91 Å². The number of hydrogen-bond acceptors (Lipinski definition) is 3. The molecule has 0 unspecified atom stereocenters. The SMILES string of the molecule is CCCCOCCCNC(=O)c1cc(=O)[nH][nH]1. The summed E-state index contributed by atoms with van der Waals surface area (Å²) in [5, 5.41) is 7.50. The topological polar surface area (TPSA) is 87.0 Å². The first-order valence-electron chi connectivity index (χ1n) is 5.87. The Balaban J connectivity index is 2.07. The molecule has 0 aromatic carbocycles. The van der Waals surface area contributed by atoms with E-state index in [0.717, 1.165) is 25.9 Å². The molecule has 0 atom stereocenters. The molecule has 1 aromatic rings. The summed E-state index contributed by atoms with van der Waals surface area (Å²) < 4.78 is 5.35. The Kier molecular flexibility index (Phi) is 6.09. The molecule has 0 aliphatic rings. The van der Waals surface area contributed by atoms with Crippen LogP contribution in [0.3, 0.4) is 0 Å². The van der Waals surface area contributed by atoms with E-state index in [0.29, 0.717) is 13.2 Å². The lowest BCUT2D eigenvalue weighted by Crippen LogP contribution is -2.25. The number of aromatic nitrogens is 2. The molecule has 96 valence electrons. The molecular weight excluding hydrogens is 222 g/mol. The highest BCUT2D eigenvalue weighted by Gasteiger charge is 2.06. The van der Waals surface area contributed by atoms with Crippen molar-refractivity contribution < 1.29 is 9.53 Å². The summed E-state index contributed by atoms with van der Waals surface area (Å²) in [4.78, 5) is 22.2. The summed E-state index contributed by atoms with van der Waals surface area (Å²) in [7, 11) is 0. The van der Waals surface area contributed by atoms with Crippen LogP contribution >= 0.6 is 0 Å². The number of hydrogen-bond donors (Lipinski definition) is 3. The molecule has 6 heteroatoms. The van der Waals surface area contributed by atoms with Gasteiger partial charge in [-0.3, -0.25) is 19.8 Å². The highest BCUT2D eigenvalue weighted by molar-refractivity contribution is 5.91. The van der Waals surface area contributed by atoms with Crippen LogP contribution in [0, 0.1) is 0 Å². The van der Waals surface area contributed by atoms with Crippen molar-refractivity contribution in [2.45, 2.75) is 26.2 Å². The fraction of sp³-hybridized carbons (Fsp3) is 0.636. The number of carbonyl (C=O) groups excluding carboxylic acids is 1. The molecule has 0 aliphatic carbocycles. The molecule has 0 aliphatic heterocycles. The lowest BCUT2D eigenvalue weighted by atomic mass is 10.3. The molecule has 3 N–H and O–H groups in total. The molecule has 0 bridgehead atoms. The van der Waals surface area contributed by atoms with Gasteiger partial charge >= 0.3 is 0 Å². The molecular formula is C11H19N3O3. The molecule has 0 radical (unpaired) electrons. The number of rotatable bonds is 8. The molecule has 6 nitrogen and oxygen atoms in total. The zero-order valence-electron chi connectivity index (χ0n) is 10.0. The normalized spacial score (nSPS) is 10.4. The molecule has 0 saturated carbocycles. The maximum Gasteiger partial charge on any atom is 0.269 e. The predicted molar refractivity (Wildman–Crippen MR) is 64.1 cm³/mol. The van der Waals surface area contributed by atoms with Gasteiger partial charge in [-0.2, -0.15) is 0 Å². The molecule has 0 fully saturated rings. The van der Waals surface area contributed by atoms with Gasteiger partial charge in [0.25, 0.3) is 11.5 Å². The number of amides is 1. The Hall–Kier alpha value is -1.56. The fourth-order valence-electron chi connectivity index (χ4n) is 1.27. The number of nitrogens with one attached hydrogen (secondary N) is 3.